The summed E-state index contributed by atoms with van der Waals surface area (Å²) in [6.07, 6.45) is -4.13. The van der Waals surface area contributed by atoms with Crippen LogP contribution in [0.4, 0.5) is 13.2 Å². The van der Waals surface area contributed by atoms with E-state index in [9.17, 15) is 18.0 Å². The first-order valence-electron chi connectivity index (χ1n) is 7.50. The molecule has 128 valence electrons. The molecule has 2 N–H and O–H groups in total. The molecule has 0 fully saturated rings. The first-order chi connectivity index (χ1) is 11.3. The van der Waals surface area contributed by atoms with Gasteiger partial charge in [-0.05, 0) is 42.2 Å². The molecule has 0 aliphatic heterocycles. The Kier molecular flexibility index (Phi) is 5.62. The number of rotatable bonds is 5. The van der Waals surface area contributed by atoms with Gasteiger partial charge in [0.1, 0.15) is 6.04 Å². The molecule has 0 aromatic heterocycles. The summed E-state index contributed by atoms with van der Waals surface area (Å²) in [7, 11) is 0. The number of carbonyl (C=O) groups is 1. The van der Waals surface area contributed by atoms with Crippen molar-refractivity contribution >= 4 is 5.97 Å². The average Bonchev–Trinajstić information content (AvgIpc) is 2.54. The maximum Gasteiger partial charge on any atom is 0.416 e. The molecule has 0 saturated heterocycles. The first-order valence-corrected chi connectivity index (χ1v) is 7.50. The second kappa shape index (κ2) is 7.49. The summed E-state index contributed by atoms with van der Waals surface area (Å²) in [6.45, 7) is 1.94. The van der Waals surface area contributed by atoms with Crippen LogP contribution < -0.4 is 5.73 Å². The molecule has 0 spiro atoms. The van der Waals surface area contributed by atoms with Crippen LogP contribution in [0, 0.1) is 0 Å². The van der Waals surface area contributed by atoms with Crippen LogP contribution in [0.25, 0.3) is 11.1 Å². The van der Waals surface area contributed by atoms with Crippen molar-refractivity contribution in [3.63, 3.8) is 0 Å². The van der Waals surface area contributed by atoms with Crippen LogP contribution in [-0.2, 0) is 22.1 Å². The van der Waals surface area contributed by atoms with Gasteiger partial charge < -0.3 is 10.5 Å². The van der Waals surface area contributed by atoms with E-state index < -0.39 is 23.8 Å². The van der Waals surface area contributed by atoms with Crippen molar-refractivity contribution in [1.82, 2.24) is 0 Å². The fourth-order valence-electron chi connectivity index (χ4n) is 2.34. The summed E-state index contributed by atoms with van der Waals surface area (Å²) in [5.41, 5.74) is 6.93. The summed E-state index contributed by atoms with van der Waals surface area (Å²) in [5, 5.41) is 0. The van der Waals surface area contributed by atoms with Crippen LogP contribution in [0.3, 0.4) is 0 Å². The van der Waals surface area contributed by atoms with Gasteiger partial charge in [0.15, 0.2) is 0 Å². The number of halogens is 3. The number of hydrogen-bond acceptors (Lipinski definition) is 3. The lowest BCUT2D eigenvalue weighted by Crippen LogP contribution is -2.34. The molecule has 1 atom stereocenters. The van der Waals surface area contributed by atoms with Gasteiger partial charge in [-0.3, -0.25) is 4.79 Å². The zero-order chi connectivity index (χ0) is 17.7. The van der Waals surface area contributed by atoms with Crippen LogP contribution in [0.1, 0.15) is 18.1 Å². The highest BCUT2D eigenvalue weighted by atomic mass is 19.4. The normalized spacial score (nSPS) is 12.7. The second-order valence-corrected chi connectivity index (χ2v) is 5.34. The molecular weight excluding hydrogens is 319 g/mol. The molecular formula is C18H18F3NO2. The number of benzene rings is 2. The van der Waals surface area contributed by atoms with Crippen molar-refractivity contribution in [3.8, 4) is 11.1 Å². The van der Waals surface area contributed by atoms with Crippen LogP contribution >= 0.6 is 0 Å². The van der Waals surface area contributed by atoms with E-state index in [4.69, 9.17) is 10.5 Å². The Morgan fingerprint density at radius 1 is 1.12 bits per heavy atom. The van der Waals surface area contributed by atoms with Crippen molar-refractivity contribution in [1.29, 1.82) is 0 Å². The predicted octanol–water partition coefficient (Wildman–Crippen LogP) is 3.81. The predicted molar refractivity (Wildman–Crippen MR) is 85.2 cm³/mol. The van der Waals surface area contributed by atoms with E-state index in [1.807, 2.05) is 0 Å². The maximum atomic E-state index is 12.8. The Morgan fingerprint density at radius 2 is 1.75 bits per heavy atom. The van der Waals surface area contributed by atoms with E-state index >= 15 is 0 Å². The van der Waals surface area contributed by atoms with E-state index in [0.717, 1.165) is 17.7 Å². The number of ether oxygens (including phenoxy) is 1. The summed E-state index contributed by atoms with van der Waals surface area (Å²) in [5.74, 6) is -0.498. The first kappa shape index (κ1) is 18.0. The molecule has 6 heteroatoms. The molecule has 0 amide bonds. The quantitative estimate of drug-likeness (QED) is 0.844. The van der Waals surface area contributed by atoms with Crippen molar-refractivity contribution in [2.75, 3.05) is 6.61 Å². The standard InChI is InChI=1S/C18H18F3NO2/c1-2-24-17(23)16(22)10-12-5-3-6-13(9-12)14-7-4-8-15(11-14)18(19,20)21/h3-9,11,16H,2,10,22H2,1H3/t16-/m1/s1. The van der Waals surface area contributed by atoms with Crippen molar-refractivity contribution < 1.29 is 22.7 Å². The van der Waals surface area contributed by atoms with Crippen LogP contribution in [0.15, 0.2) is 48.5 Å². The van der Waals surface area contributed by atoms with Crippen LogP contribution in [0.5, 0.6) is 0 Å². The van der Waals surface area contributed by atoms with Crippen molar-refractivity contribution in [2.45, 2.75) is 25.6 Å². The Hall–Kier alpha value is -2.34. The molecule has 0 aliphatic carbocycles. The monoisotopic (exact) mass is 337 g/mol. The van der Waals surface area contributed by atoms with Gasteiger partial charge in [-0.2, -0.15) is 13.2 Å². The SMILES string of the molecule is CCOC(=O)[C@H](N)Cc1cccc(-c2cccc(C(F)(F)F)c2)c1. The Bertz CT molecular complexity index is 713. The molecule has 0 radical (unpaired) electrons. The third-order valence-corrected chi connectivity index (χ3v) is 3.50. The van der Waals surface area contributed by atoms with Gasteiger partial charge in [-0.15, -0.1) is 0 Å². The topological polar surface area (TPSA) is 52.3 Å². The third-order valence-electron chi connectivity index (χ3n) is 3.50. The molecule has 2 aromatic rings. The number of carbonyl (C=O) groups excluding carboxylic acids is 1. The van der Waals surface area contributed by atoms with Gasteiger partial charge in [0.2, 0.25) is 0 Å². The summed E-state index contributed by atoms with van der Waals surface area (Å²) in [4.78, 5) is 11.6. The number of hydrogen-bond donors (Lipinski definition) is 1. The maximum absolute atomic E-state index is 12.8. The zero-order valence-corrected chi connectivity index (χ0v) is 13.1. The number of nitrogens with two attached hydrogens (primary N) is 1. The molecule has 2 aromatic carbocycles. The van der Waals surface area contributed by atoms with E-state index in [2.05, 4.69) is 0 Å². The van der Waals surface area contributed by atoms with E-state index in [1.165, 1.54) is 6.07 Å². The van der Waals surface area contributed by atoms with Gasteiger partial charge in [0.05, 0.1) is 12.2 Å². The Morgan fingerprint density at radius 3 is 2.38 bits per heavy atom. The summed E-state index contributed by atoms with van der Waals surface area (Å²) >= 11 is 0. The van der Waals surface area contributed by atoms with Gasteiger partial charge >= 0.3 is 12.1 Å². The molecule has 24 heavy (non-hydrogen) atoms. The summed E-state index contributed by atoms with van der Waals surface area (Å²) in [6, 6.07) is 11.3. The largest absolute Gasteiger partial charge is 0.465 e. The summed E-state index contributed by atoms with van der Waals surface area (Å²) < 4.78 is 43.3. The lowest BCUT2D eigenvalue weighted by Gasteiger charge is -2.12. The zero-order valence-electron chi connectivity index (χ0n) is 13.1. The highest BCUT2D eigenvalue weighted by Crippen LogP contribution is 2.32. The third kappa shape index (κ3) is 4.58. The number of alkyl halides is 3. The van der Waals surface area contributed by atoms with Gasteiger partial charge in [-0.1, -0.05) is 36.4 Å². The molecule has 0 aliphatic rings. The molecule has 0 unspecified atom stereocenters. The average molecular weight is 337 g/mol. The molecule has 0 heterocycles. The fraction of sp³-hybridized carbons (Fsp3) is 0.278. The fourth-order valence-corrected chi connectivity index (χ4v) is 2.34. The van der Waals surface area contributed by atoms with E-state index in [-0.39, 0.29) is 13.0 Å². The minimum Gasteiger partial charge on any atom is -0.465 e. The lowest BCUT2D eigenvalue weighted by atomic mass is 9.98. The van der Waals surface area contributed by atoms with E-state index in [1.54, 1.807) is 37.3 Å². The highest BCUT2D eigenvalue weighted by molar-refractivity contribution is 5.76. The highest BCUT2D eigenvalue weighted by Gasteiger charge is 2.30. The van der Waals surface area contributed by atoms with E-state index in [0.29, 0.717) is 11.1 Å². The van der Waals surface area contributed by atoms with Gasteiger partial charge in [-0.25, -0.2) is 0 Å². The van der Waals surface area contributed by atoms with Crippen LogP contribution in [0.2, 0.25) is 0 Å². The molecule has 2 rings (SSSR count). The van der Waals surface area contributed by atoms with Gasteiger partial charge in [0, 0.05) is 0 Å². The van der Waals surface area contributed by atoms with Crippen molar-refractivity contribution in [2.24, 2.45) is 5.73 Å². The molecule has 0 saturated carbocycles. The minimum atomic E-state index is -4.39. The minimum absolute atomic E-state index is 0.247. The van der Waals surface area contributed by atoms with Crippen LogP contribution in [-0.4, -0.2) is 18.6 Å². The Labute approximate surface area is 138 Å². The number of esters is 1. The van der Waals surface area contributed by atoms with Gasteiger partial charge in [0.25, 0.3) is 0 Å². The second-order valence-electron chi connectivity index (χ2n) is 5.34. The smallest absolute Gasteiger partial charge is 0.416 e. The molecule has 3 nitrogen and oxygen atoms in total. The molecule has 0 bridgehead atoms. The van der Waals surface area contributed by atoms with Crippen molar-refractivity contribution in [3.05, 3.63) is 59.7 Å². The lowest BCUT2D eigenvalue weighted by molar-refractivity contribution is -0.144. The Balaban J connectivity index is 2.23.